The van der Waals surface area contributed by atoms with Crippen LogP contribution >= 0.6 is 0 Å². The third-order valence-electron chi connectivity index (χ3n) is 7.41. The monoisotopic (exact) mass is 437 g/mol. The highest BCUT2D eigenvalue weighted by atomic mass is 28.4. The van der Waals surface area contributed by atoms with Gasteiger partial charge in [0.05, 0.1) is 19.8 Å². The quantitative estimate of drug-likeness (QED) is 0.392. The molecule has 4 aliphatic rings. The fourth-order valence-electron chi connectivity index (χ4n) is 4.69. The summed E-state index contributed by atoms with van der Waals surface area (Å²) in [6.07, 6.45) is 1.90. The molecule has 0 unspecified atom stereocenters. The Kier molecular flexibility index (Phi) is 4.28. The van der Waals surface area contributed by atoms with Crippen LogP contribution in [0.5, 0.6) is 0 Å². The van der Waals surface area contributed by atoms with Crippen molar-refractivity contribution in [2.45, 2.75) is 82.0 Å². The number of nitrogens with zero attached hydrogens (tertiary/aromatic N) is 3. The molecule has 2 saturated heterocycles. The standard InChI is InChI=1S/C20H31N3O6Si/c1-19(2,3)30(5,6)29-14-13-12(8-9-22-17(24)21(4)18(25)23(13)22)20(16-15(14)28-16)26-10-7-11-27-20/h8,13-16H,7,9-11H2,1-6H3/t13-,14+,15+,16+/m1/s1. The van der Waals surface area contributed by atoms with E-state index in [9.17, 15) is 9.59 Å². The Morgan fingerprint density at radius 2 is 1.83 bits per heavy atom. The minimum atomic E-state index is -2.19. The van der Waals surface area contributed by atoms with Gasteiger partial charge in [-0.3, -0.25) is 0 Å². The smallest absolute Gasteiger partial charge is 0.347 e. The second-order valence-electron chi connectivity index (χ2n) is 10.2. The van der Waals surface area contributed by atoms with Gasteiger partial charge < -0.3 is 18.6 Å². The molecule has 0 N–H and O–H groups in total. The average Bonchev–Trinajstić information content (AvgIpc) is 3.46. The van der Waals surface area contributed by atoms with Crippen LogP contribution in [0, 0.1) is 0 Å². The van der Waals surface area contributed by atoms with E-state index in [-0.39, 0.29) is 34.7 Å². The minimum Gasteiger partial charge on any atom is -0.409 e. The molecule has 1 aromatic rings. The van der Waals surface area contributed by atoms with Gasteiger partial charge in [0.25, 0.3) is 0 Å². The van der Waals surface area contributed by atoms with Crippen LogP contribution < -0.4 is 11.4 Å². The topological polar surface area (TPSA) is 89.2 Å². The molecule has 10 heteroatoms. The molecule has 166 valence electrons. The van der Waals surface area contributed by atoms with Crippen molar-refractivity contribution in [3.63, 3.8) is 0 Å². The molecular formula is C20H31N3O6Si. The van der Waals surface area contributed by atoms with Crippen molar-refractivity contribution < 1.29 is 18.6 Å². The molecule has 4 atom stereocenters. The van der Waals surface area contributed by atoms with Gasteiger partial charge in [0.1, 0.15) is 24.4 Å². The van der Waals surface area contributed by atoms with E-state index < -0.39 is 20.1 Å². The fourth-order valence-corrected chi connectivity index (χ4v) is 5.99. The van der Waals surface area contributed by atoms with Crippen LogP contribution in [0.15, 0.2) is 21.2 Å². The first-order valence-corrected chi connectivity index (χ1v) is 13.6. The van der Waals surface area contributed by atoms with Gasteiger partial charge in [-0.2, -0.15) is 0 Å². The van der Waals surface area contributed by atoms with Crippen molar-refractivity contribution in [1.82, 2.24) is 13.9 Å². The van der Waals surface area contributed by atoms with Crippen molar-refractivity contribution in [1.29, 1.82) is 0 Å². The summed E-state index contributed by atoms with van der Waals surface area (Å²) in [4.78, 5) is 25.8. The van der Waals surface area contributed by atoms with E-state index in [0.29, 0.717) is 19.8 Å². The van der Waals surface area contributed by atoms with Crippen molar-refractivity contribution >= 4 is 8.32 Å². The molecule has 0 aromatic carbocycles. The Hall–Kier alpha value is -1.46. The van der Waals surface area contributed by atoms with Crippen molar-refractivity contribution in [3.8, 4) is 0 Å². The summed E-state index contributed by atoms with van der Waals surface area (Å²) in [6.45, 7) is 12.4. The van der Waals surface area contributed by atoms with Gasteiger partial charge in [-0.15, -0.1) is 0 Å². The predicted molar refractivity (Wildman–Crippen MR) is 111 cm³/mol. The van der Waals surface area contributed by atoms with Crippen LogP contribution in [0.3, 0.4) is 0 Å². The lowest BCUT2D eigenvalue weighted by Crippen LogP contribution is -2.61. The molecule has 5 rings (SSSR count). The van der Waals surface area contributed by atoms with Crippen LogP contribution in [-0.4, -0.2) is 59.6 Å². The third kappa shape index (κ3) is 2.60. The lowest BCUT2D eigenvalue weighted by Gasteiger charge is -2.49. The zero-order valence-electron chi connectivity index (χ0n) is 18.5. The summed E-state index contributed by atoms with van der Waals surface area (Å²) in [5.41, 5.74) is 0.154. The Morgan fingerprint density at radius 1 is 1.17 bits per heavy atom. The van der Waals surface area contributed by atoms with Gasteiger partial charge in [-0.25, -0.2) is 23.5 Å². The van der Waals surface area contributed by atoms with E-state index in [1.165, 1.54) is 16.4 Å². The van der Waals surface area contributed by atoms with Crippen LogP contribution in [0.4, 0.5) is 0 Å². The summed E-state index contributed by atoms with van der Waals surface area (Å²) in [5.74, 6) is -1.00. The lowest BCUT2D eigenvalue weighted by molar-refractivity contribution is -0.260. The van der Waals surface area contributed by atoms with Gasteiger partial charge in [-0.05, 0) is 24.6 Å². The van der Waals surface area contributed by atoms with Gasteiger partial charge in [-0.1, -0.05) is 26.8 Å². The number of hydrogen-bond acceptors (Lipinski definition) is 6. The fraction of sp³-hybridized carbons (Fsp3) is 0.800. The summed E-state index contributed by atoms with van der Waals surface area (Å²) in [5, 5.41) is -0.00970. The molecule has 3 aliphatic heterocycles. The molecule has 4 heterocycles. The highest BCUT2D eigenvalue weighted by Gasteiger charge is 2.71. The molecule has 30 heavy (non-hydrogen) atoms. The summed E-state index contributed by atoms with van der Waals surface area (Å²) < 4.78 is 29.5. The molecule has 1 saturated carbocycles. The van der Waals surface area contributed by atoms with E-state index in [2.05, 4.69) is 33.9 Å². The lowest BCUT2D eigenvalue weighted by atomic mass is 9.81. The highest BCUT2D eigenvalue weighted by Crippen LogP contribution is 2.56. The van der Waals surface area contributed by atoms with Crippen molar-refractivity contribution in [3.05, 3.63) is 32.6 Å². The Morgan fingerprint density at radius 3 is 2.47 bits per heavy atom. The molecule has 0 amide bonds. The first kappa shape index (κ1) is 20.4. The second-order valence-corrected chi connectivity index (χ2v) is 15.0. The third-order valence-corrected chi connectivity index (χ3v) is 11.9. The van der Waals surface area contributed by atoms with Crippen LogP contribution in [0.1, 0.15) is 33.2 Å². The zero-order valence-corrected chi connectivity index (χ0v) is 19.5. The molecule has 0 radical (unpaired) electrons. The average molecular weight is 438 g/mol. The molecule has 3 fully saturated rings. The first-order valence-electron chi connectivity index (χ1n) is 10.7. The molecule has 1 spiro atoms. The molecule has 1 aromatic heterocycles. The van der Waals surface area contributed by atoms with E-state index in [4.69, 9.17) is 18.6 Å². The summed E-state index contributed by atoms with van der Waals surface area (Å²) >= 11 is 0. The molecule has 9 nitrogen and oxygen atoms in total. The van der Waals surface area contributed by atoms with E-state index >= 15 is 0 Å². The Bertz CT molecular complexity index is 1020. The predicted octanol–water partition coefficient (Wildman–Crippen LogP) is 1.13. The second kappa shape index (κ2) is 6.29. The maximum Gasteiger partial charge on any atom is 0.347 e. The maximum absolute atomic E-state index is 13.1. The SMILES string of the molecule is Cn1c(=O)n2n(c1=O)[C@@H]1C(=CC2)C2(OCCCO2)[C@H]2O[C@H]2[C@H]1O[Si](C)(C)C(C)(C)C. The van der Waals surface area contributed by atoms with E-state index in [1.54, 1.807) is 0 Å². The van der Waals surface area contributed by atoms with Gasteiger partial charge in [0, 0.05) is 12.6 Å². The Labute approximate surface area is 176 Å². The number of epoxide rings is 1. The van der Waals surface area contributed by atoms with E-state index in [0.717, 1.165) is 16.6 Å². The van der Waals surface area contributed by atoms with Crippen molar-refractivity contribution in [2.24, 2.45) is 7.05 Å². The number of ether oxygens (including phenoxy) is 3. The van der Waals surface area contributed by atoms with Crippen LogP contribution in [0.25, 0.3) is 0 Å². The molecule has 1 aliphatic carbocycles. The van der Waals surface area contributed by atoms with Gasteiger partial charge >= 0.3 is 11.4 Å². The highest BCUT2D eigenvalue weighted by molar-refractivity contribution is 6.74. The number of aromatic nitrogens is 3. The van der Waals surface area contributed by atoms with E-state index in [1.807, 2.05) is 6.08 Å². The number of fused-ring (bicyclic) bond motifs is 6. The zero-order chi connectivity index (χ0) is 21.6. The van der Waals surface area contributed by atoms with Crippen LogP contribution in [-0.2, 0) is 32.2 Å². The number of allylic oxidation sites excluding steroid dienone is 1. The molecular weight excluding hydrogens is 406 g/mol. The summed E-state index contributed by atoms with van der Waals surface area (Å²) in [7, 11) is -0.680. The number of hydrogen-bond donors (Lipinski definition) is 0. The molecule has 0 bridgehead atoms. The maximum atomic E-state index is 13.1. The number of rotatable bonds is 2. The van der Waals surface area contributed by atoms with Crippen molar-refractivity contribution in [2.75, 3.05) is 13.2 Å². The van der Waals surface area contributed by atoms with Gasteiger partial charge in [0.2, 0.25) is 5.79 Å². The minimum absolute atomic E-state index is 0.00970. The Balaban J connectivity index is 1.66. The first-order chi connectivity index (χ1) is 14.0. The summed E-state index contributed by atoms with van der Waals surface area (Å²) in [6, 6.07) is -0.504. The largest absolute Gasteiger partial charge is 0.409 e. The normalized spacial score (nSPS) is 32.3. The van der Waals surface area contributed by atoms with Gasteiger partial charge in [0.15, 0.2) is 8.32 Å². The van der Waals surface area contributed by atoms with Crippen LogP contribution in [0.2, 0.25) is 18.1 Å².